The molecule has 3 heterocycles. The molecule has 0 bridgehead atoms. The lowest BCUT2D eigenvalue weighted by Gasteiger charge is -2.25. The van der Waals surface area contributed by atoms with E-state index in [-0.39, 0.29) is 23.8 Å². The molecule has 0 saturated carbocycles. The SMILES string of the molecule is Cc1c([C@@H]2[C@@H](CNC(=O)c3cnc(C)n3C)CC(=O)N2C)cnn1C. The molecule has 0 aromatic carbocycles. The van der Waals surface area contributed by atoms with Crippen LogP contribution in [0.4, 0.5) is 0 Å². The normalized spacial score (nSPS) is 20.4. The number of carbonyl (C=O) groups is 2. The third-order valence-corrected chi connectivity index (χ3v) is 5.26. The minimum Gasteiger partial charge on any atom is -0.350 e. The van der Waals surface area contributed by atoms with Crippen molar-refractivity contribution in [2.45, 2.75) is 26.3 Å². The predicted molar refractivity (Wildman–Crippen MR) is 91.8 cm³/mol. The van der Waals surface area contributed by atoms with Gasteiger partial charge >= 0.3 is 0 Å². The minimum atomic E-state index is -0.174. The maximum Gasteiger partial charge on any atom is 0.269 e. The molecule has 134 valence electrons. The molecule has 3 rings (SSSR count). The van der Waals surface area contributed by atoms with E-state index in [9.17, 15) is 9.59 Å². The topological polar surface area (TPSA) is 85.1 Å². The molecule has 0 aliphatic carbocycles. The van der Waals surface area contributed by atoms with Crippen molar-refractivity contribution in [3.63, 3.8) is 0 Å². The lowest BCUT2D eigenvalue weighted by Crippen LogP contribution is -2.33. The molecule has 8 nitrogen and oxygen atoms in total. The summed E-state index contributed by atoms with van der Waals surface area (Å²) in [6, 6.07) is -0.0743. The molecule has 2 atom stereocenters. The Morgan fingerprint density at radius 1 is 1.28 bits per heavy atom. The van der Waals surface area contributed by atoms with Crippen LogP contribution in [0, 0.1) is 19.8 Å². The summed E-state index contributed by atoms with van der Waals surface area (Å²) in [6.45, 7) is 4.27. The van der Waals surface area contributed by atoms with Crippen LogP contribution in [0.3, 0.4) is 0 Å². The van der Waals surface area contributed by atoms with E-state index in [1.165, 1.54) is 0 Å². The molecule has 2 aromatic rings. The molecule has 0 unspecified atom stereocenters. The largest absolute Gasteiger partial charge is 0.350 e. The second kappa shape index (κ2) is 6.34. The lowest BCUT2D eigenvalue weighted by molar-refractivity contribution is -0.127. The second-order valence-corrected chi connectivity index (χ2v) is 6.68. The van der Waals surface area contributed by atoms with Gasteiger partial charge in [-0.15, -0.1) is 0 Å². The lowest BCUT2D eigenvalue weighted by atomic mass is 9.94. The van der Waals surface area contributed by atoms with Crippen LogP contribution >= 0.6 is 0 Å². The summed E-state index contributed by atoms with van der Waals surface area (Å²) < 4.78 is 3.56. The van der Waals surface area contributed by atoms with Gasteiger partial charge in [0.2, 0.25) is 5.91 Å². The van der Waals surface area contributed by atoms with Gasteiger partial charge in [-0.2, -0.15) is 5.10 Å². The molecule has 1 N–H and O–H groups in total. The number of rotatable bonds is 4. The maximum absolute atomic E-state index is 12.4. The Labute approximate surface area is 146 Å². The Hall–Kier alpha value is -2.64. The Morgan fingerprint density at radius 2 is 2.00 bits per heavy atom. The van der Waals surface area contributed by atoms with E-state index in [2.05, 4.69) is 15.4 Å². The number of nitrogens with one attached hydrogen (secondary N) is 1. The number of aromatic nitrogens is 4. The number of amides is 2. The summed E-state index contributed by atoms with van der Waals surface area (Å²) in [5, 5.41) is 7.25. The summed E-state index contributed by atoms with van der Waals surface area (Å²) in [6.07, 6.45) is 3.80. The average molecular weight is 344 g/mol. The van der Waals surface area contributed by atoms with Crippen LogP contribution in [-0.4, -0.2) is 49.6 Å². The van der Waals surface area contributed by atoms with Crippen molar-refractivity contribution in [2.75, 3.05) is 13.6 Å². The van der Waals surface area contributed by atoms with Gasteiger partial charge in [0.15, 0.2) is 0 Å². The van der Waals surface area contributed by atoms with Crippen molar-refractivity contribution >= 4 is 11.8 Å². The number of imidazole rings is 1. The van der Waals surface area contributed by atoms with Crippen LogP contribution < -0.4 is 5.32 Å². The number of hydrogen-bond acceptors (Lipinski definition) is 4. The number of nitrogens with zero attached hydrogens (tertiary/aromatic N) is 5. The number of hydrogen-bond donors (Lipinski definition) is 1. The van der Waals surface area contributed by atoms with Crippen LogP contribution in [0.15, 0.2) is 12.4 Å². The van der Waals surface area contributed by atoms with E-state index in [0.717, 1.165) is 17.1 Å². The molecule has 0 spiro atoms. The highest BCUT2D eigenvalue weighted by Gasteiger charge is 2.40. The van der Waals surface area contributed by atoms with Crippen LogP contribution in [0.25, 0.3) is 0 Å². The van der Waals surface area contributed by atoms with E-state index < -0.39 is 0 Å². The minimum absolute atomic E-state index is 0.0127. The second-order valence-electron chi connectivity index (χ2n) is 6.68. The van der Waals surface area contributed by atoms with E-state index >= 15 is 0 Å². The molecule has 2 aromatic heterocycles. The molecule has 1 aliphatic rings. The smallest absolute Gasteiger partial charge is 0.269 e. The van der Waals surface area contributed by atoms with E-state index in [0.29, 0.717) is 18.7 Å². The van der Waals surface area contributed by atoms with Crippen LogP contribution in [0.2, 0.25) is 0 Å². The third kappa shape index (κ3) is 2.92. The Bertz CT molecular complexity index is 821. The first-order chi connectivity index (χ1) is 11.8. The van der Waals surface area contributed by atoms with Gasteiger partial charge in [-0.1, -0.05) is 0 Å². The fraction of sp³-hybridized carbons (Fsp3) is 0.529. The van der Waals surface area contributed by atoms with Gasteiger partial charge in [0.1, 0.15) is 11.5 Å². The number of likely N-dealkylation sites (tertiary alicyclic amines) is 1. The van der Waals surface area contributed by atoms with Gasteiger partial charge in [-0.25, -0.2) is 4.98 Å². The van der Waals surface area contributed by atoms with Crippen molar-refractivity contribution in [3.05, 3.63) is 35.2 Å². The Balaban J connectivity index is 1.76. The molecule has 8 heteroatoms. The summed E-state index contributed by atoms with van der Waals surface area (Å²) in [5.74, 6) is 0.708. The zero-order valence-electron chi connectivity index (χ0n) is 15.3. The van der Waals surface area contributed by atoms with E-state index in [1.807, 2.05) is 41.2 Å². The molecule has 1 fully saturated rings. The first-order valence-corrected chi connectivity index (χ1v) is 8.32. The summed E-state index contributed by atoms with van der Waals surface area (Å²) in [5.41, 5.74) is 2.58. The highest BCUT2D eigenvalue weighted by atomic mass is 16.2. The van der Waals surface area contributed by atoms with Crippen LogP contribution in [0.5, 0.6) is 0 Å². The highest BCUT2D eigenvalue weighted by molar-refractivity contribution is 5.92. The average Bonchev–Trinajstić information content (AvgIpc) is 3.17. The van der Waals surface area contributed by atoms with Gasteiger partial charge < -0.3 is 14.8 Å². The molecular formula is C17H24N6O2. The molecule has 2 amide bonds. The fourth-order valence-corrected chi connectivity index (χ4v) is 3.43. The van der Waals surface area contributed by atoms with Gasteiger partial charge in [0.25, 0.3) is 5.91 Å². The molecule has 1 aliphatic heterocycles. The summed E-state index contributed by atoms with van der Waals surface area (Å²) in [7, 11) is 5.51. The van der Waals surface area contributed by atoms with Gasteiger partial charge in [-0.3, -0.25) is 14.3 Å². The van der Waals surface area contributed by atoms with Crippen molar-refractivity contribution in [1.29, 1.82) is 0 Å². The monoisotopic (exact) mass is 344 g/mol. The number of carbonyl (C=O) groups excluding carboxylic acids is 2. The Morgan fingerprint density at radius 3 is 2.56 bits per heavy atom. The van der Waals surface area contributed by atoms with Crippen LogP contribution in [-0.2, 0) is 18.9 Å². The van der Waals surface area contributed by atoms with Gasteiger partial charge in [0.05, 0.1) is 18.4 Å². The van der Waals surface area contributed by atoms with Crippen molar-refractivity contribution < 1.29 is 9.59 Å². The standard InChI is InChI=1S/C17H24N6O2/c1-10-13(8-20-23(10)5)16-12(6-15(24)22(16)4)7-19-17(25)14-9-18-11(2)21(14)3/h8-9,12,16H,6-7H2,1-5H3,(H,19,25)/t12-,16+/m1/s1. The van der Waals surface area contributed by atoms with E-state index in [1.54, 1.807) is 20.3 Å². The zero-order valence-corrected chi connectivity index (χ0v) is 15.3. The molecule has 1 saturated heterocycles. The van der Waals surface area contributed by atoms with E-state index in [4.69, 9.17) is 0 Å². The van der Waals surface area contributed by atoms with Crippen molar-refractivity contribution in [3.8, 4) is 0 Å². The van der Waals surface area contributed by atoms with Gasteiger partial charge in [0, 0.05) is 51.3 Å². The quantitative estimate of drug-likeness (QED) is 0.886. The fourth-order valence-electron chi connectivity index (χ4n) is 3.43. The first-order valence-electron chi connectivity index (χ1n) is 8.32. The molecule has 25 heavy (non-hydrogen) atoms. The predicted octanol–water partition coefficient (Wildman–Crippen LogP) is 0.720. The third-order valence-electron chi connectivity index (χ3n) is 5.26. The van der Waals surface area contributed by atoms with Crippen molar-refractivity contribution in [2.24, 2.45) is 20.0 Å². The zero-order chi connectivity index (χ0) is 18.3. The molecule has 0 radical (unpaired) electrons. The van der Waals surface area contributed by atoms with Crippen LogP contribution in [0.1, 0.15) is 40.0 Å². The molecular weight excluding hydrogens is 320 g/mol. The Kier molecular flexibility index (Phi) is 4.36. The summed E-state index contributed by atoms with van der Waals surface area (Å²) >= 11 is 0. The first kappa shape index (κ1) is 17.2. The summed E-state index contributed by atoms with van der Waals surface area (Å²) in [4.78, 5) is 30.6. The highest BCUT2D eigenvalue weighted by Crippen LogP contribution is 2.37. The number of aryl methyl sites for hydroxylation is 2. The van der Waals surface area contributed by atoms with Gasteiger partial charge in [-0.05, 0) is 13.8 Å². The van der Waals surface area contributed by atoms with Crippen molar-refractivity contribution in [1.82, 2.24) is 29.5 Å². The maximum atomic E-state index is 12.4.